The lowest BCUT2D eigenvalue weighted by molar-refractivity contribution is 0.0948. The molecule has 0 fully saturated rings. The third-order valence-electron chi connectivity index (χ3n) is 4.30. The van der Waals surface area contributed by atoms with Gasteiger partial charge < -0.3 is 15.0 Å². The van der Waals surface area contributed by atoms with Gasteiger partial charge in [0, 0.05) is 31.2 Å². The van der Waals surface area contributed by atoms with E-state index in [2.05, 4.69) is 25.5 Å². The van der Waals surface area contributed by atoms with Crippen LogP contribution < -0.4 is 5.32 Å². The van der Waals surface area contributed by atoms with E-state index >= 15 is 0 Å². The lowest BCUT2D eigenvalue weighted by Crippen LogP contribution is -2.25. The normalized spacial score (nSPS) is 11.3. The smallest absolute Gasteiger partial charge is 0.251 e. The first-order valence-electron chi connectivity index (χ1n) is 8.56. The number of aromatic nitrogens is 4. The summed E-state index contributed by atoms with van der Waals surface area (Å²) in [4.78, 5) is 19.9. The Morgan fingerprint density at radius 3 is 2.96 bits per heavy atom. The number of H-pyrrole nitrogens is 2. The van der Waals surface area contributed by atoms with E-state index in [4.69, 9.17) is 4.74 Å². The number of imidazole rings is 1. The molecule has 2 aromatic heterocycles. The van der Waals surface area contributed by atoms with Crippen LogP contribution in [0.15, 0.2) is 36.4 Å². The zero-order valence-electron chi connectivity index (χ0n) is 14.7. The van der Waals surface area contributed by atoms with Crippen molar-refractivity contribution in [3.8, 4) is 11.5 Å². The first-order valence-corrected chi connectivity index (χ1v) is 8.56. The summed E-state index contributed by atoms with van der Waals surface area (Å²) in [5.74, 6) is 0.0170. The molecule has 0 saturated heterocycles. The van der Waals surface area contributed by atoms with E-state index < -0.39 is 0 Å². The fourth-order valence-electron chi connectivity index (χ4n) is 2.95. The SMILES string of the molecule is COCCCNC(=O)c1ccc2[nH]nc(-c3nc4ccc(F)cc4[nH]3)c2c1. The quantitative estimate of drug-likeness (QED) is 0.457. The summed E-state index contributed by atoms with van der Waals surface area (Å²) in [6.45, 7) is 1.13. The van der Waals surface area contributed by atoms with Gasteiger partial charge in [0.25, 0.3) is 5.91 Å². The highest BCUT2D eigenvalue weighted by atomic mass is 19.1. The van der Waals surface area contributed by atoms with E-state index in [-0.39, 0.29) is 11.7 Å². The molecule has 27 heavy (non-hydrogen) atoms. The predicted molar refractivity (Wildman–Crippen MR) is 100.0 cm³/mol. The van der Waals surface area contributed by atoms with Crippen LogP contribution in [0.3, 0.4) is 0 Å². The minimum atomic E-state index is -0.336. The second-order valence-corrected chi connectivity index (χ2v) is 6.18. The van der Waals surface area contributed by atoms with Crippen molar-refractivity contribution >= 4 is 27.8 Å². The Hall–Kier alpha value is -3.26. The third-order valence-corrected chi connectivity index (χ3v) is 4.30. The van der Waals surface area contributed by atoms with Gasteiger partial charge in [-0.1, -0.05) is 0 Å². The number of nitrogens with zero attached hydrogens (tertiary/aromatic N) is 2. The number of benzene rings is 2. The van der Waals surface area contributed by atoms with Crippen LogP contribution >= 0.6 is 0 Å². The van der Waals surface area contributed by atoms with Crippen molar-refractivity contribution in [2.75, 3.05) is 20.3 Å². The number of rotatable bonds is 6. The molecular weight excluding hydrogens is 349 g/mol. The number of ether oxygens (including phenoxy) is 1. The Labute approximate surface area is 153 Å². The molecule has 0 spiro atoms. The van der Waals surface area contributed by atoms with E-state index in [0.29, 0.717) is 41.3 Å². The van der Waals surface area contributed by atoms with Gasteiger partial charge in [-0.25, -0.2) is 9.37 Å². The highest BCUT2D eigenvalue weighted by Gasteiger charge is 2.15. The van der Waals surface area contributed by atoms with Crippen LogP contribution in [0.25, 0.3) is 33.5 Å². The number of hydrogen-bond donors (Lipinski definition) is 3. The fourth-order valence-corrected chi connectivity index (χ4v) is 2.95. The zero-order valence-corrected chi connectivity index (χ0v) is 14.7. The average Bonchev–Trinajstić information content (AvgIpc) is 3.27. The van der Waals surface area contributed by atoms with Crippen molar-refractivity contribution in [1.29, 1.82) is 0 Å². The molecule has 4 aromatic rings. The molecule has 3 N–H and O–H groups in total. The first kappa shape index (κ1) is 17.2. The van der Waals surface area contributed by atoms with Crippen LogP contribution in [0.4, 0.5) is 4.39 Å². The van der Waals surface area contributed by atoms with Crippen LogP contribution in [-0.4, -0.2) is 46.3 Å². The summed E-state index contributed by atoms with van der Waals surface area (Å²) < 4.78 is 18.4. The molecule has 8 heteroatoms. The second kappa shape index (κ2) is 7.16. The average molecular weight is 367 g/mol. The van der Waals surface area contributed by atoms with Crippen LogP contribution in [-0.2, 0) is 4.74 Å². The van der Waals surface area contributed by atoms with Crippen molar-refractivity contribution < 1.29 is 13.9 Å². The van der Waals surface area contributed by atoms with E-state index in [0.717, 1.165) is 17.3 Å². The summed E-state index contributed by atoms with van der Waals surface area (Å²) in [5.41, 5.74) is 3.13. The summed E-state index contributed by atoms with van der Waals surface area (Å²) in [5, 5.41) is 10.9. The maximum Gasteiger partial charge on any atom is 0.251 e. The first-order chi connectivity index (χ1) is 13.2. The molecular formula is C19H18FN5O2. The Morgan fingerprint density at radius 2 is 2.11 bits per heavy atom. The van der Waals surface area contributed by atoms with Crippen molar-refractivity contribution in [3.05, 3.63) is 47.8 Å². The largest absolute Gasteiger partial charge is 0.385 e. The number of amides is 1. The molecule has 2 heterocycles. The van der Waals surface area contributed by atoms with Crippen molar-refractivity contribution in [2.45, 2.75) is 6.42 Å². The van der Waals surface area contributed by atoms with Crippen molar-refractivity contribution in [3.63, 3.8) is 0 Å². The molecule has 1 amide bonds. The number of methoxy groups -OCH3 is 1. The monoisotopic (exact) mass is 367 g/mol. The molecule has 0 unspecified atom stereocenters. The highest BCUT2D eigenvalue weighted by molar-refractivity contribution is 6.01. The van der Waals surface area contributed by atoms with Crippen LogP contribution in [0.1, 0.15) is 16.8 Å². The van der Waals surface area contributed by atoms with E-state index in [1.165, 1.54) is 12.1 Å². The van der Waals surface area contributed by atoms with E-state index in [9.17, 15) is 9.18 Å². The molecule has 0 saturated carbocycles. The summed E-state index contributed by atoms with van der Waals surface area (Å²) in [6.07, 6.45) is 0.747. The van der Waals surface area contributed by atoms with Gasteiger partial charge in [0.2, 0.25) is 0 Å². The topological polar surface area (TPSA) is 95.7 Å². The number of halogens is 1. The number of aromatic amines is 2. The molecule has 0 aliphatic rings. The summed E-state index contributed by atoms with van der Waals surface area (Å²) in [6, 6.07) is 9.68. The third kappa shape index (κ3) is 3.39. The fraction of sp³-hybridized carbons (Fsp3) is 0.211. The van der Waals surface area contributed by atoms with Crippen LogP contribution in [0.2, 0.25) is 0 Å². The molecule has 0 aliphatic heterocycles. The van der Waals surface area contributed by atoms with Gasteiger partial charge in [-0.2, -0.15) is 5.10 Å². The van der Waals surface area contributed by atoms with Crippen molar-refractivity contribution in [2.24, 2.45) is 0 Å². The number of hydrogen-bond acceptors (Lipinski definition) is 4. The van der Waals surface area contributed by atoms with E-state index in [1.807, 2.05) is 0 Å². The summed E-state index contributed by atoms with van der Waals surface area (Å²) in [7, 11) is 1.63. The Bertz CT molecular complexity index is 1120. The maximum absolute atomic E-state index is 13.4. The number of nitrogens with one attached hydrogen (secondary N) is 3. The van der Waals surface area contributed by atoms with Crippen LogP contribution in [0, 0.1) is 5.82 Å². The predicted octanol–water partition coefficient (Wildman–Crippen LogP) is 3.01. The summed E-state index contributed by atoms with van der Waals surface area (Å²) >= 11 is 0. The standard InChI is InChI=1S/C19H18FN5O2/c1-27-8-2-7-21-19(26)11-3-5-14-13(9-11)17(25-24-14)18-22-15-6-4-12(20)10-16(15)23-18/h3-6,9-10H,2,7-8H2,1H3,(H,21,26)(H,22,23)(H,24,25). The number of carbonyl (C=O) groups is 1. The molecule has 2 aromatic carbocycles. The highest BCUT2D eigenvalue weighted by Crippen LogP contribution is 2.27. The minimum Gasteiger partial charge on any atom is -0.385 e. The van der Waals surface area contributed by atoms with Gasteiger partial charge in [-0.15, -0.1) is 0 Å². The molecule has 0 radical (unpaired) electrons. The van der Waals surface area contributed by atoms with E-state index in [1.54, 1.807) is 31.4 Å². The van der Waals surface area contributed by atoms with Gasteiger partial charge >= 0.3 is 0 Å². The zero-order chi connectivity index (χ0) is 18.8. The molecule has 7 nitrogen and oxygen atoms in total. The van der Waals surface area contributed by atoms with Crippen LogP contribution in [0.5, 0.6) is 0 Å². The Kier molecular flexibility index (Phi) is 4.55. The van der Waals surface area contributed by atoms with Gasteiger partial charge in [0.1, 0.15) is 11.5 Å². The maximum atomic E-state index is 13.4. The Morgan fingerprint density at radius 1 is 1.22 bits per heavy atom. The molecule has 138 valence electrons. The van der Waals surface area contributed by atoms with Gasteiger partial charge in [0.05, 0.1) is 16.6 Å². The number of fused-ring (bicyclic) bond motifs is 2. The van der Waals surface area contributed by atoms with Gasteiger partial charge in [-0.05, 0) is 42.8 Å². The number of carbonyl (C=O) groups excluding carboxylic acids is 1. The van der Waals surface area contributed by atoms with Crippen molar-refractivity contribution in [1.82, 2.24) is 25.5 Å². The van der Waals surface area contributed by atoms with Gasteiger partial charge in [-0.3, -0.25) is 9.89 Å². The second-order valence-electron chi connectivity index (χ2n) is 6.18. The van der Waals surface area contributed by atoms with Gasteiger partial charge in [0.15, 0.2) is 5.82 Å². The minimum absolute atomic E-state index is 0.160. The molecule has 0 atom stereocenters. The Balaban J connectivity index is 1.66. The molecule has 0 bridgehead atoms. The molecule has 0 aliphatic carbocycles. The lowest BCUT2D eigenvalue weighted by Gasteiger charge is -2.05. The molecule has 4 rings (SSSR count). The lowest BCUT2D eigenvalue weighted by atomic mass is 10.1.